The minimum Gasteiger partial charge on any atom is -0.481 e. The average Bonchev–Trinajstić information content (AvgIpc) is 2.49. The van der Waals surface area contributed by atoms with Gasteiger partial charge in [0, 0.05) is 17.8 Å². The Kier molecular flexibility index (Phi) is 4.50. The molecule has 2 aromatic rings. The molecule has 102 valence electrons. The number of hydrogen-bond acceptors (Lipinski definition) is 2. The Hall–Kier alpha value is -2.62. The monoisotopic (exact) mass is 269 g/mol. The number of carboxylic acid groups (broad SMARTS) is 1. The molecule has 4 nitrogen and oxygen atoms in total. The van der Waals surface area contributed by atoms with Crippen LogP contribution in [0.4, 0.5) is 5.69 Å². The number of benzene rings is 2. The minimum atomic E-state index is -0.924. The van der Waals surface area contributed by atoms with Crippen LogP contribution in [0.2, 0.25) is 0 Å². The Bertz CT molecular complexity index is 581. The molecule has 0 aromatic heterocycles. The van der Waals surface area contributed by atoms with E-state index in [1.54, 1.807) is 36.4 Å². The molecule has 0 heterocycles. The third kappa shape index (κ3) is 3.45. The summed E-state index contributed by atoms with van der Waals surface area (Å²) in [5, 5.41) is 8.82. The van der Waals surface area contributed by atoms with E-state index in [2.05, 4.69) is 0 Å². The quantitative estimate of drug-likeness (QED) is 0.908. The third-order valence-electron chi connectivity index (χ3n) is 2.88. The van der Waals surface area contributed by atoms with Crippen LogP contribution in [0.5, 0.6) is 0 Å². The van der Waals surface area contributed by atoms with Gasteiger partial charge in [0.1, 0.15) is 0 Å². The fourth-order valence-corrected chi connectivity index (χ4v) is 1.90. The maximum Gasteiger partial charge on any atom is 0.305 e. The lowest BCUT2D eigenvalue weighted by Crippen LogP contribution is -2.33. The molecule has 2 rings (SSSR count). The van der Waals surface area contributed by atoms with E-state index in [0.717, 1.165) is 0 Å². The molecule has 0 fully saturated rings. The van der Waals surface area contributed by atoms with Crippen molar-refractivity contribution in [1.82, 2.24) is 0 Å². The van der Waals surface area contributed by atoms with Crippen LogP contribution in [0.3, 0.4) is 0 Å². The van der Waals surface area contributed by atoms with Gasteiger partial charge in [0.15, 0.2) is 0 Å². The van der Waals surface area contributed by atoms with Crippen molar-refractivity contribution in [2.75, 3.05) is 11.4 Å². The van der Waals surface area contributed by atoms with Gasteiger partial charge in [0.25, 0.3) is 5.91 Å². The van der Waals surface area contributed by atoms with Crippen molar-refractivity contribution < 1.29 is 14.7 Å². The first-order valence-corrected chi connectivity index (χ1v) is 6.32. The zero-order valence-corrected chi connectivity index (χ0v) is 10.9. The summed E-state index contributed by atoms with van der Waals surface area (Å²) in [5.74, 6) is -1.12. The fraction of sp³-hybridized carbons (Fsp3) is 0.125. The third-order valence-corrected chi connectivity index (χ3v) is 2.88. The summed E-state index contributed by atoms with van der Waals surface area (Å²) in [6.45, 7) is 0.146. The van der Waals surface area contributed by atoms with Crippen molar-refractivity contribution >= 4 is 17.6 Å². The first kappa shape index (κ1) is 13.8. The fourth-order valence-electron chi connectivity index (χ4n) is 1.90. The molecule has 0 saturated heterocycles. The molecule has 0 aliphatic heterocycles. The molecule has 0 spiro atoms. The number of amides is 1. The lowest BCUT2D eigenvalue weighted by molar-refractivity contribution is -0.136. The van der Waals surface area contributed by atoms with Crippen LogP contribution in [-0.4, -0.2) is 23.5 Å². The predicted molar refractivity (Wildman–Crippen MR) is 76.8 cm³/mol. The second kappa shape index (κ2) is 6.52. The van der Waals surface area contributed by atoms with Crippen molar-refractivity contribution in [3.63, 3.8) is 0 Å². The van der Waals surface area contributed by atoms with Crippen LogP contribution in [-0.2, 0) is 4.79 Å². The van der Waals surface area contributed by atoms with E-state index in [4.69, 9.17) is 5.11 Å². The number of nitrogens with zero attached hydrogens (tertiary/aromatic N) is 1. The Morgan fingerprint density at radius 1 is 0.900 bits per heavy atom. The number of carbonyl (C=O) groups excluding carboxylic acids is 1. The molecular formula is C16H15NO3. The number of aliphatic carboxylic acids is 1. The predicted octanol–water partition coefficient (Wildman–Crippen LogP) is 2.81. The van der Waals surface area contributed by atoms with Crippen LogP contribution in [0.1, 0.15) is 16.8 Å². The summed E-state index contributed by atoms with van der Waals surface area (Å²) in [4.78, 5) is 24.7. The van der Waals surface area contributed by atoms with Gasteiger partial charge in [-0.05, 0) is 24.3 Å². The van der Waals surface area contributed by atoms with E-state index in [0.29, 0.717) is 11.3 Å². The highest BCUT2D eigenvalue weighted by molar-refractivity contribution is 6.06. The van der Waals surface area contributed by atoms with Gasteiger partial charge in [-0.15, -0.1) is 0 Å². The number of carboxylic acids is 1. The number of hydrogen-bond donors (Lipinski definition) is 1. The maximum atomic E-state index is 12.5. The number of para-hydroxylation sites is 1. The van der Waals surface area contributed by atoms with Crippen LogP contribution in [0.25, 0.3) is 0 Å². The lowest BCUT2D eigenvalue weighted by Gasteiger charge is -2.22. The highest BCUT2D eigenvalue weighted by Crippen LogP contribution is 2.17. The van der Waals surface area contributed by atoms with Crippen LogP contribution >= 0.6 is 0 Å². The molecule has 0 saturated carbocycles. The SMILES string of the molecule is O=C(O)CCN(C(=O)c1ccccc1)c1ccccc1. The van der Waals surface area contributed by atoms with Crippen LogP contribution < -0.4 is 4.90 Å². The molecule has 0 radical (unpaired) electrons. The van der Waals surface area contributed by atoms with E-state index in [1.165, 1.54) is 4.90 Å². The van der Waals surface area contributed by atoms with E-state index in [-0.39, 0.29) is 18.9 Å². The largest absolute Gasteiger partial charge is 0.481 e. The van der Waals surface area contributed by atoms with Gasteiger partial charge < -0.3 is 10.0 Å². The molecule has 0 bridgehead atoms. The average molecular weight is 269 g/mol. The standard InChI is InChI=1S/C16H15NO3/c18-15(19)11-12-17(14-9-5-2-6-10-14)16(20)13-7-3-1-4-8-13/h1-10H,11-12H2,(H,18,19). The van der Waals surface area contributed by atoms with Gasteiger partial charge >= 0.3 is 5.97 Å². The van der Waals surface area contributed by atoms with Crippen molar-refractivity contribution in [1.29, 1.82) is 0 Å². The van der Waals surface area contributed by atoms with Crippen molar-refractivity contribution in [3.8, 4) is 0 Å². The van der Waals surface area contributed by atoms with Crippen molar-refractivity contribution in [2.24, 2.45) is 0 Å². The van der Waals surface area contributed by atoms with Gasteiger partial charge in [0.2, 0.25) is 0 Å². The summed E-state index contributed by atoms with van der Waals surface area (Å²) < 4.78 is 0. The molecule has 1 N–H and O–H groups in total. The zero-order valence-electron chi connectivity index (χ0n) is 10.9. The Morgan fingerprint density at radius 3 is 2.00 bits per heavy atom. The first-order valence-electron chi connectivity index (χ1n) is 6.32. The Balaban J connectivity index is 2.27. The summed E-state index contributed by atoms with van der Waals surface area (Å²) in [7, 11) is 0. The second-order valence-corrected chi connectivity index (χ2v) is 4.30. The van der Waals surface area contributed by atoms with E-state index in [9.17, 15) is 9.59 Å². The van der Waals surface area contributed by atoms with Gasteiger partial charge in [-0.3, -0.25) is 9.59 Å². The molecule has 0 aliphatic rings. The maximum absolute atomic E-state index is 12.5. The smallest absolute Gasteiger partial charge is 0.305 e. The highest BCUT2D eigenvalue weighted by atomic mass is 16.4. The minimum absolute atomic E-state index is 0.0898. The molecule has 1 amide bonds. The Morgan fingerprint density at radius 2 is 1.45 bits per heavy atom. The molecule has 0 aliphatic carbocycles. The molecule has 2 aromatic carbocycles. The lowest BCUT2D eigenvalue weighted by atomic mass is 10.1. The summed E-state index contributed by atoms with van der Waals surface area (Å²) >= 11 is 0. The second-order valence-electron chi connectivity index (χ2n) is 4.30. The molecule has 0 unspecified atom stereocenters. The Labute approximate surface area is 117 Å². The summed E-state index contributed by atoms with van der Waals surface area (Å²) in [6.07, 6.45) is -0.0898. The highest BCUT2D eigenvalue weighted by Gasteiger charge is 2.18. The normalized spacial score (nSPS) is 10.0. The molecule has 4 heteroatoms. The first-order chi connectivity index (χ1) is 9.68. The zero-order chi connectivity index (χ0) is 14.4. The van der Waals surface area contributed by atoms with Gasteiger partial charge in [-0.2, -0.15) is 0 Å². The van der Waals surface area contributed by atoms with Crippen molar-refractivity contribution in [2.45, 2.75) is 6.42 Å². The molecule has 20 heavy (non-hydrogen) atoms. The topological polar surface area (TPSA) is 57.6 Å². The number of rotatable bonds is 5. The summed E-state index contributed by atoms with van der Waals surface area (Å²) in [6, 6.07) is 17.9. The molecular weight excluding hydrogens is 254 g/mol. The van der Waals surface area contributed by atoms with Gasteiger partial charge in [-0.25, -0.2) is 0 Å². The molecule has 0 atom stereocenters. The van der Waals surface area contributed by atoms with E-state index >= 15 is 0 Å². The van der Waals surface area contributed by atoms with Gasteiger partial charge in [-0.1, -0.05) is 36.4 Å². The van der Waals surface area contributed by atoms with Crippen LogP contribution in [0, 0.1) is 0 Å². The summed E-state index contributed by atoms with van der Waals surface area (Å²) in [5.41, 5.74) is 1.24. The van der Waals surface area contributed by atoms with Gasteiger partial charge in [0.05, 0.1) is 6.42 Å². The van der Waals surface area contributed by atoms with E-state index < -0.39 is 5.97 Å². The van der Waals surface area contributed by atoms with Crippen molar-refractivity contribution in [3.05, 3.63) is 66.2 Å². The number of carbonyl (C=O) groups is 2. The number of anilines is 1. The van der Waals surface area contributed by atoms with Crippen LogP contribution in [0.15, 0.2) is 60.7 Å². The van der Waals surface area contributed by atoms with E-state index in [1.807, 2.05) is 24.3 Å².